The second-order valence-electron chi connectivity index (χ2n) is 5.30. The number of aliphatic hydroxyl groups excluding tert-OH is 1. The van der Waals surface area contributed by atoms with E-state index in [-0.39, 0.29) is 30.1 Å². The molecule has 19 heavy (non-hydrogen) atoms. The molecule has 0 aliphatic carbocycles. The highest BCUT2D eigenvalue weighted by Crippen LogP contribution is 2.18. The number of piperidine rings is 1. The van der Waals surface area contributed by atoms with Gasteiger partial charge in [-0.25, -0.2) is 8.42 Å². The van der Waals surface area contributed by atoms with E-state index in [1.54, 1.807) is 0 Å². The van der Waals surface area contributed by atoms with Crippen molar-refractivity contribution >= 4 is 27.3 Å². The van der Waals surface area contributed by atoms with E-state index < -0.39 is 21.3 Å². The van der Waals surface area contributed by atoms with Crippen LogP contribution in [0.2, 0.25) is 0 Å². The van der Waals surface area contributed by atoms with Gasteiger partial charge in [-0.15, -0.1) is 11.6 Å². The number of likely N-dealkylation sites (tertiary alicyclic amines) is 1. The molecule has 2 heterocycles. The smallest absolute Gasteiger partial charge is 0.234 e. The maximum atomic E-state index is 11.8. The normalized spacial score (nSPS) is 35.2. The summed E-state index contributed by atoms with van der Waals surface area (Å²) in [5.41, 5.74) is 0. The molecule has 2 aliphatic rings. The lowest BCUT2D eigenvalue weighted by Gasteiger charge is -2.29. The fourth-order valence-corrected chi connectivity index (χ4v) is 5.12. The molecule has 0 radical (unpaired) electrons. The topological polar surface area (TPSA) is 86.7 Å². The number of nitrogens with zero attached hydrogens (tertiary/aromatic N) is 1. The van der Waals surface area contributed by atoms with Gasteiger partial charge in [0.25, 0.3) is 0 Å². The second-order valence-corrected chi connectivity index (χ2v) is 8.01. The zero-order valence-corrected chi connectivity index (χ0v) is 12.2. The van der Waals surface area contributed by atoms with Gasteiger partial charge in [-0.2, -0.15) is 0 Å². The molecule has 2 aliphatic heterocycles. The Morgan fingerprint density at radius 2 is 2.16 bits per heavy atom. The summed E-state index contributed by atoms with van der Waals surface area (Å²) >= 11 is 5.93. The Bertz CT molecular complexity index is 442. The summed E-state index contributed by atoms with van der Waals surface area (Å²) in [6.45, 7) is 1.44. The SMILES string of the molecule is O=C(CN1CCCC(O)C1)NC1CS(=O)(=O)CC1Cl. The van der Waals surface area contributed by atoms with Gasteiger partial charge in [0.2, 0.25) is 5.91 Å². The molecule has 3 atom stereocenters. The number of β-amino-alcohol motifs (C(OH)–C–C–N with tert-alkyl or cyclic N) is 1. The van der Waals surface area contributed by atoms with Crippen LogP contribution in [0.5, 0.6) is 0 Å². The number of rotatable bonds is 3. The molecule has 2 rings (SSSR count). The van der Waals surface area contributed by atoms with Gasteiger partial charge in [0.1, 0.15) is 0 Å². The first-order valence-corrected chi connectivity index (χ1v) is 8.66. The maximum Gasteiger partial charge on any atom is 0.234 e. The summed E-state index contributed by atoms with van der Waals surface area (Å²) in [4.78, 5) is 13.7. The van der Waals surface area contributed by atoms with Crippen molar-refractivity contribution in [2.45, 2.75) is 30.4 Å². The lowest BCUT2D eigenvalue weighted by molar-refractivity contribution is -0.123. The Morgan fingerprint density at radius 3 is 2.74 bits per heavy atom. The van der Waals surface area contributed by atoms with Crippen LogP contribution < -0.4 is 5.32 Å². The molecule has 2 fully saturated rings. The molecule has 8 heteroatoms. The zero-order valence-electron chi connectivity index (χ0n) is 10.6. The van der Waals surface area contributed by atoms with Gasteiger partial charge < -0.3 is 10.4 Å². The summed E-state index contributed by atoms with van der Waals surface area (Å²) in [5, 5.41) is 11.6. The Kier molecular flexibility index (Phi) is 4.70. The summed E-state index contributed by atoms with van der Waals surface area (Å²) in [6.07, 6.45) is 1.25. The van der Waals surface area contributed by atoms with Crippen LogP contribution in [-0.4, -0.2) is 73.0 Å². The minimum Gasteiger partial charge on any atom is -0.392 e. The average Bonchev–Trinajstić information content (AvgIpc) is 2.51. The van der Waals surface area contributed by atoms with Crippen molar-refractivity contribution < 1.29 is 18.3 Å². The fraction of sp³-hybridized carbons (Fsp3) is 0.909. The quantitative estimate of drug-likeness (QED) is 0.651. The Morgan fingerprint density at radius 1 is 1.42 bits per heavy atom. The number of amides is 1. The minimum atomic E-state index is -3.13. The molecule has 0 aromatic heterocycles. The van der Waals surface area contributed by atoms with Crippen LogP contribution in [0.4, 0.5) is 0 Å². The van der Waals surface area contributed by atoms with Gasteiger partial charge in [0.15, 0.2) is 9.84 Å². The molecule has 110 valence electrons. The van der Waals surface area contributed by atoms with E-state index in [0.29, 0.717) is 6.54 Å². The predicted molar refractivity (Wildman–Crippen MR) is 71.9 cm³/mol. The monoisotopic (exact) mass is 310 g/mol. The third-order valence-electron chi connectivity index (χ3n) is 3.48. The molecule has 0 saturated carbocycles. The van der Waals surface area contributed by atoms with E-state index >= 15 is 0 Å². The number of alkyl halides is 1. The highest BCUT2D eigenvalue weighted by molar-refractivity contribution is 7.91. The lowest BCUT2D eigenvalue weighted by atomic mass is 10.1. The van der Waals surface area contributed by atoms with Gasteiger partial charge in [0.05, 0.1) is 35.6 Å². The van der Waals surface area contributed by atoms with Gasteiger partial charge in [-0.1, -0.05) is 0 Å². The van der Waals surface area contributed by atoms with Crippen molar-refractivity contribution in [2.24, 2.45) is 0 Å². The minimum absolute atomic E-state index is 0.0814. The van der Waals surface area contributed by atoms with Gasteiger partial charge in [-0.05, 0) is 19.4 Å². The zero-order chi connectivity index (χ0) is 14.0. The predicted octanol–water partition coefficient (Wildman–Crippen LogP) is -1.04. The largest absolute Gasteiger partial charge is 0.392 e. The molecule has 0 bridgehead atoms. The van der Waals surface area contributed by atoms with Crippen molar-refractivity contribution in [3.05, 3.63) is 0 Å². The van der Waals surface area contributed by atoms with Gasteiger partial charge in [0, 0.05) is 6.54 Å². The number of nitrogens with one attached hydrogen (secondary N) is 1. The van der Waals surface area contributed by atoms with Crippen molar-refractivity contribution in [1.29, 1.82) is 0 Å². The van der Waals surface area contributed by atoms with E-state index in [1.807, 2.05) is 4.90 Å². The Balaban J connectivity index is 1.81. The molecular formula is C11H19ClN2O4S. The maximum absolute atomic E-state index is 11.8. The fourth-order valence-electron chi connectivity index (χ4n) is 2.57. The van der Waals surface area contributed by atoms with E-state index in [4.69, 9.17) is 11.6 Å². The molecule has 1 amide bonds. The number of hydrogen-bond donors (Lipinski definition) is 2. The van der Waals surface area contributed by atoms with Gasteiger partial charge in [-0.3, -0.25) is 9.69 Å². The molecule has 2 N–H and O–H groups in total. The third-order valence-corrected chi connectivity index (χ3v) is 5.85. The molecule has 3 unspecified atom stereocenters. The van der Waals surface area contributed by atoms with Crippen LogP contribution in [0.25, 0.3) is 0 Å². The number of hydrogen-bond acceptors (Lipinski definition) is 5. The van der Waals surface area contributed by atoms with Crippen LogP contribution >= 0.6 is 11.6 Å². The van der Waals surface area contributed by atoms with Crippen molar-refractivity contribution in [1.82, 2.24) is 10.2 Å². The van der Waals surface area contributed by atoms with E-state index in [2.05, 4.69) is 5.32 Å². The highest BCUT2D eigenvalue weighted by atomic mass is 35.5. The number of sulfone groups is 1. The Labute approximate surface area is 118 Å². The van der Waals surface area contributed by atoms with Crippen LogP contribution in [0, 0.1) is 0 Å². The van der Waals surface area contributed by atoms with Gasteiger partial charge >= 0.3 is 0 Å². The van der Waals surface area contributed by atoms with E-state index in [0.717, 1.165) is 19.4 Å². The van der Waals surface area contributed by atoms with Crippen LogP contribution in [0.3, 0.4) is 0 Å². The van der Waals surface area contributed by atoms with E-state index in [1.165, 1.54) is 0 Å². The number of carbonyl (C=O) groups is 1. The average molecular weight is 311 g/mol. The Hall–Kier alpha value is -0.370. The first-order chi connectivity index (χ1) is 8.85. The summed E-state index contributed by atoms with van der Waals surface area (Å²) < 4.78 is 22.8. The first-order valence-electron chi connectivity index (χ1n) is 6.40. The second kappa shape index (κ2) is 5.95. The molecule has 2 saturated heterocycles. The molecule has 0 spiro atoms. The van der Waals surface area contributed by atoms with Crippen LogP contribution in [0.15, 0.2) is 0 Å². The standard InChI is InChI=1S/C11H19ClN2O4S/c12-9-6-19(17,18)7-10(9)13-11(16)5-14-3-1-2-8(15)4-14/h8-10,15H,1-7H2,(H,13,16). The molecule has 6 nitrogen and oxygen atoms in total. The highest BCUT2D eigenvalue weighted by Gasteiger charge is 2.37. The van der Waals surface area contributed by atoms with Crippen molar-refractivity contribution in [3.63, 3.8) is 0 Å². The van der Waals surface area contributed by atoms with Crippen LogP contribution in [0.1, 0.15) is 12.8 Å². The lowest BCUT2D eigenvalue weighted by Crippen LogP contribution is -2.48. The number of aliphatic hydroxyl groups is 1. The van der Waals surface area contributed by atoms with Crippen molar-refractivity contribution in [2.75, 3.05) is 31.1 Å². The molecule has 0 aromatic carbocycles. The summed E-state index contributed by atoms with van der Waals surface area (Å²) in [5.74, 6) is -0.404. The molecular weight excluding hydrogens is 292 g/mol. The van der Waals surface area contributed by atoms with Crippen molar-refractivity contribution in [3.8, 4) is 0 Å². The third kappa shape index (κ3) is 4.30. The van der Waals surface area contributed by atoms with Crippen LogP contribution in [-0.2, 0) is 14.6 Å². The number of halogens is 1. The summed E-state index contributed by atoms with van der Waals surface area (Å²) in [7, 11) is -3.13. The number of carbonyl (C=O) groups excluding carboxylic acids is 1. The molecule has 0 aromatic rings. The van der Waals surface area contributed by atoms with E-state index in [9.17, 15) is 18.3 Å². The first kappa shape index (κ1) is 15.0. The summed E-state index contributed by atoms with van der Waals surface area (Å²) in [6, 6.07) is -0.506.